The molecule has 1 heterocycles. The van der Waals surface area contributed by atoms with E-state index in [1.807, 2.05) is 0 Å². The Morgan fingerprint density at radius 1 is 0.471 bits per heavy atom. The van der Waals surface area contributed by atoms with E-state index < -0.39 is 0 Å². The maximum absolute atomic E-state index is 5.02. The first-order valence-electron chi connectivity index (χ1n) is 11.1. The van der Waals surface area contributed by atoms with Gasteiger partial charge in [-0.1, -0.05) is 105 Å². The van der Waals surface area contributed by atoms with Gasteiger partial charge in [0.2, 0.25) is 0 Å². The molecule has 0 radical (unpaired) electrons. The fourth-order valence-electron chi connectivity index (χ4n) is 4.42. The predicted molar refractivity (Wildman–Crippen MR) is 151 cm³/mol. The summed E-state index contributed by atoms with van der Waals surface area (Å²) < 4.78 is 2.14. The van der Waals surface area contributed by atoms with Gasteiger partial charge in [0, 0.05) is 19.9 Å². The molecule has 0 atom stereocenters. The number of hydrogen-bond donors (Lipinski definition) is 0. The van der Waals surface area contributed by atoms with Crippen molar-refractivity contribution in [3.8, 4) is 33.5 Å². The maximum Gasteiger partial charge on any atom is 0.0716 e. The smallest absolute Gasteiger partial charge is 0.0716 e. The molecule has 0 fully saturated rings. The van der Waals surface area contributed by atoms with Crippen molar-refractivity contribution in [2.75, 3.05) is 0 Å². The Morgan fingerprint density at radius 3 is 1.85 bits per heavy atom. The van der Waals surface area contributed by atoms with Gasteiger partial charge in [-0.05, 0) is 75.5 Å². The van der Waals surface area contributed by atoms with Gasteiger partial charge in [0.15, 0.2) is 0 Å². The summed E-state index contributed by atoms with van der Waals surface area (Å²) >= 11 is 7.16. The minimum atomic E-state index is 0.973. The summed E-state index contributed by atoms with van der Waals surface area (Å²) in [6, 6.07) is 40.7. The zero-order chi connectivity index (χ0) is 23.1. The van der Waals surface area contributed by atoms with Gasteiger partial charge in [0.25, 0.3) is 0 Å². The van der Waals surface area contributed by atoms with Crippen molar-refractivity contribution < 1.29 is 0 Å². The molecule has 0 aliphatic heterocycles. The molecule has 0 amide bonds. The van der Waals surface area contributed by atoms with Crippen molar-refractivity contribution in [2.24, 2.45) is 0 Å². The third kappa shape index (κ3) is 4.06. The van der Waals surface area contributed by atoms with Gasteiger partial charge in [-0.3, -0.25) is 0 Å². The largest absolute Gasteiger partial charge is 0.248 e. The van der Waals surface area contributed by atoms with Gasteiger partial charge in [-0.25, -0.2) is 4.98 Å². The highest BCUT2D eigenvalue weighted by Crippen LogP contribution is 2.35. The van der Waals surface area contributed by atoms with E-state index in [1.165, 1.54) is 33.0 Å². The van der Waals surface area contributed by atoms with Gasteiger partial charge >= 0.3 is 0 Å². The number of nitrogens with zero attached hydrogens (tertiary/aromatic N) is 1. The fraction of sp³-hybridized carbons (Fsp3) is 0. The van der Waals surface area contributed by atoms with Crippen LogP contribution in [0.4, 0.5) is 0 Å². The quantitative estimate of drug-likeness (QED) is 0.208. The van der Waals surface area contributed by atoms with Crippen LogP contribution in [0.5, 0.6) is 0 Å². The Bertz CT molecular complexity index is 1650. The van der Waals surface area contributed by atoms with Gasteiger partial charge in [0.1, 0.15) is 0 Å². The summed E-state index contributed by atoms with van der Waals surface area (Å²) in [5.74, 6) is 0. The van der Waals surface area contributed by atoms with Crippen LogP contribution in [0, 0.1) is 0 Å². The molecular weight excluding hydrogens is 546 g/mol. The lowest BCUT2D eigenvalue weighted by Gasteiger charge is -2.12. The van der Waals surface area contributed by atoms with E-state index in [0.29, 0.717) is 0 Å². The first-order valence-corrected chi connectivity index (χ1v) is 12.7. The molecule has 0 spiro atoms. The van der Waals surface area contributed by atoms with Crippen LogP contribution in [0.25, 0.3) is 55.2 Å². The number of halogens is 2. The van der Waals surface area contributed by atoms with E-state index in [4.69, 9.17) is 4.98 Å². The van der Waals surface area contributed by atoms with E-state index in [0.717, 1.165) is 31.1 Å². The van der Waals surface area contributed by atoms with Crippen LogP contribution in [0.1, 0.15) is 0 Å². The molecule has 0 bridgehead atoms. The molecule has 3 heteroatoms. The lowest BCUT2D eigenvalue weighted by molar-refractivity contribution is 1.39. The lowest BCUT2D eigenvalue weighted by Crippen LogP contribution is -1.91. The van der Waals surface area contributed by atoms with Crippen LogP contribution in [0.2, 0.25) is 0 Å². The number of hydrogen-bond acceptors (Lipinski definition) is 1. The van der Waals surface area contributed by atoms with E-state index in [2.05, 4.69) is 147 Å². The Labute approximate surface area is 215 Å². The van der Waals surface area contributed by atoms with Crippen LogP contribution in [0.3, 0.4) is 0 Å². The number of benzene rings is 5. The summed E-state index contributed by atoms with van der Waals surface area (Å²) in [6.07, 6.45) is 0. The molecule has 0 aliphatic rings. The average Bonchev–Trinajstić information content (AvgIpc) is 2.88. The maximum atomic E-state index is 5.02. The summed E-state index contributed by atoms with van der Waals surface area (Å²) in [5.41, 5.74) is 7.83. The monoisotopic (exact) mass is 563 g/mol. The third-order valence-corrected chi connectivity index (χ3v) is 7.21. The molecule has 6 aromatic rings. The summed E-state index contributed by atoms with van der Waals surface area (Å²) in [5, 5.41) is 3.62. The van der Waals surface area contributed by atoms with Crippen molar-refractivity contribution in [1.29, 1.82) is 0 Å². The zero-order valence-corrected chi connectivity index (χ0v) is 21.3. The van der Waals surface area contributed by atoms with Crippen LogP contribution in [-0.2, 0) is 0 Å². The van der Waals surface area contributed by atoms with Crippen LogP contribution in [-0.4, -0.2) is 4.98 Å². The van der Waals surface area contributed by atoms with E-state index in [-0.39, 0.29) is 0 Å². The summed E-state index contributed by atoms with van der Waals surface area (Å²) in [6.45, 7) is 0. The topological polar surface area (TPSA) is 12.9 Å². The second-order valence-corrected chi connectivity index (χ2v) is 10.2. The normalized spacial score (nSPS) is 11.2. The van der Waals surface area contributed by atoms with Crippen molar-refractivity contribution in [2.45, 2.75) is 0 Å². The van der Waals surface area contributed by atoms with Crippen LogP contribution in [0.15, 0.2) is 124 Å². The van der Waals surface area contributed by atoms with Crippen molar-refractivity contribution in [3.63, 3.8) is 0 Å². The molecule has 0 aliphatic carbocycles. The molecule has 1 nitrogen and oxygen atoms in total. The molecule has 5 aromatic carbocycles. The first kappa shape index (κ1) is 21.3. The molecule has 1 aromatic heterocycles. The standard InChI is InChI=1S/C31H19Br2N/c32-26-13-11-22(12-14-26)21-5-8-23(9-6-21)31-19-28(29-18-27(33)15-16-30(29)34-31)25-10-7-20-3-1-2-4-24(20)17-25/h1-19H. The van der Waals surface area contributed by atoms with Crippen molar-refractivity contribution >= 4 is 53.5 Å². The highest BCUT2D eigenvalue weighted by atomic mass is 79.9. The molecule has 0 saturated carbocycles. The Kier molecular flexibility index (Phi) is 5.52. The fourth-order valence-corrected chi connectivity index (χ4v) is 5.04. The minimum absolute atomic E-state index is 0.973. The van der Waals surface area contributed by atoms with E-state index >= 15 is 0 Å². The zero-order valence-electron chi connectivity index (χ0n) is 18.2. The number of fused-ring (bicyclic) bond motifs is 2. The average molecular weight is 565 g/mol. The van der Waals surface area contributed by atoms with E-state index in [9.17, 15) is 0 Å². The predicted octanol–water partition coefficient (Wildman–Crippen LogP) is 9.91. The molecule has 0 N–H and O–H groups in total. The van der Waals surface area contributed by atoms with Crippen LogP contribution >= 0.6 is 31.9 Å². The Morgan fingerprint density at radius 2 is 1.09 bits per heavy atom. The van der Waals surface area contributed by atoms with Crippen molar-refractivity contribution in [3.05, 3.63) is 124 Å². The second-order valence-electron chi connectivity index (χ2n) is 8.36. The second kappa shape index (κ2) is 8.83. The number of aromatic nitrogens is 1. The Balaban J connectivity index is 1.49. The van der Waals surface area contributed by atoms with Gasteiger partial charge < -0.3 is 0 Å². The van der Waals surface area contributed by atoms with Gasteiger partial charge in [-0.2, -0.15) is 0 Å². The van der Waals surface area contributed by atoms with E-state index in [1.54, 1.807) is 0 Å². The van der Waals surface area contributed by atoms with Gasteiger partial charge in [0.05, 0.1) is 11.2 Å². The molecule has 34 heavy (non-hydrogen) atoms. The highest BCUT2D eigenvalue weighted by molar-refractivity contribution is 9.10. The number of rotatable bonds is 3. The lowest BCUT2D eigenvalue weighted by atomic mass is 9.96. The molecule has 162 valence electrons. The Hall–Kier alpha value is -3.27. The minimum Gasteiger partial charge on any atom is -0.248 e. The molecular formula is C31H19Br2N. The molecule has 0 unspecified atom stereocenters. The SMILES string of the molecule is Brc1ccc(-c2ccc(-c3cc(-c4ccc5ccccc5c4)c4cc(Br)ccc4n3)cc2)cc1. The number of pyridine rings is 1. The summed E-state index contributed by atoms with van der Waals surface area (Å²) in [7, 11) is 0. The van der Waals surface area contributed by atoms with Gasteiger partial charge in [-0.15, -0.1) is 0 Å². The first-order chi connectivity index (χ1) is 16.6. The summed E-state index contributed by atoms with van der Waals surface area (Å²) in [4.78, 5) is 5.02. The third-order valence-electron chi connectivity index (χ3n) is 6.19. The highest BCUT2D eigenvalue weighted by Gasteiger charge is 2.11. The molecule has 6 rings (SSSR count). The van der Waals surface area contributed by atoms with Crippen LogP contribution < -0.4 is 0 Å². The van der Waals surface area contributed by atoms with Crippen molar-refractivity contribution in [1.82, 2.24) is 4.98 Å². The molecule has 0 saturated heterocycles.